The van der Waals surface area contributed by atoms with Crippen molar-refractivity contribution in [2.75, 3.05) is 12.3 Å². The first-order valence-electron chi connectivity index (χ1n) is 5.08. The van der Waals surface area contributed by atoms with E-state index < -0.39 is 18.0 Å². The molecule has 0 aliphatic heterocycles. The van der Waals surface area contributed by atoms with E-state index in [0.29, 0.717) is 0 Å². The third-order valence-electron chi connectivity index (χ3n) is 2.31. The number of hydrogen-bond donors (Lipinski definition) is 4. The molecule has 0 saturated carbocycles. The third kappa shape index (κ3) is 3.40. The molecule has 17 heavy (non-hydrogen) atoms. The summed E-state index contributed by atoms with van der Waals surface area (Å²) in [5.41, 5.74) is 5.41. The number of nitrogen functional groups attached to an aromatic ring is 1. The summed E-state index contributed by atoms with van der Waals surface area (Å²) in [6.45, 7) is 1.10. The molecular weight excluding hydrogens is 227 g/mol. The zero-order valence-corrected chi connectivity index (χ0v) is 9.35. The number of nitrogens with one attached hydrogen (secondary N) is 1. The van der Waals surface area contributed by atoms with Gasteiger partial charge in [-0.3, -0.25) is 4.79 Å². The second kappa shape index (κ2) is 5.60. The number of carbonyl (C=O) groups is 1. The van der Waals surface area contributed by atoms with Crippen LogP contribution < -0.4 is 11.1 Å². The molecule has 0 fully saturated rings. The van der Waals surface area contributed by atoms with Crippen LogP contribution in [0.5, 0.6) is 0 Å². The van der Waals surface area contributed by atoms with E-state index >= 15 is 0 Å². The Hall–Kier alpha value is -1.66. The van der Waals surface area contributed by atoms with Crippen LogP contribution in [0.1, 0.15) is 18.6 Å². The Kier molecular flexibility index (Phi) is 4.42. The fraction of sp³-hybridized carbons (Fsp3) is 0.364. The predicted octanol–water partition coefficient (Wildman–Crippen LogP) is -0.0617. The zero-order valence-electron chi connectivity index (χ0n) is 9.35. The van der Waals surface area contributed by atoms with Crippen LogP contribution in [0.15, 0.2) is 18.2 Å². The van der Waals surface area contributed by atoms with Crippen molar-refractivity contribution in [3.8, 4) is 0 Å². The lowest BCUT2D eigenvalue weighted by molar-refractivity contribution is -0.119. The Morgan fingerprint density at radius 1 is 1.53 bits per heavy atom. The molecule has 2 unspecified atom stereocenters. The van der Waals surface area contributed by atoms with Gasteiger partial charge in [-0.2, -0.15) is 0 Å². The average Bonchev–Trinajstić information content (AvgIpc) is 2.25. The van der Waals surface area contributed by atoms with Gasteiger partial charge in [0.1, 0.15) is 18.0 Å². The minimum atomic E-state index is -1.48. The highest BCUT2D eigenvalue weighted by Gasteiger charge is 2.23. The lowest BCUT2D eigenvalue weighted by atomic mass is 10.0. The van der Waals surface area contributed by atoms with Crippen molar-refractivity contribution in [2.24, 2.45) is 0 Å². The molecule has 0 aliphatic carbocycles. The second-order valence-corrected chi connectivity index (χ2v) is 3.69. The number of aliphatic hydroxyl groups excluding tert-OH is 2. The Bertz CT molecular complexity index is 391. The number of benzene rings is 1. The quantitative estimate of drug-likeness (QED) is 0.556. The molecule has 0 aromatic heterocycles. The van der Waals surface area contributed by atoms with Gasteiger partial charge >= 0.3 is 0 Å². The molecule has 1 amide bonds. The van der Waals surface area contributed by atoms with Gasteiger partial charge in [-0.25, -0.2) is 4.39 Å². The van der Waals surface area contributed by atoms with E-state index in [1.165, 1.54) is 19.1 Å². The highest BCUT2D eigenvalue weighted by Crippen LogP contribution is 2.25. The van der Waals surface area contributed by atoms with Gasteiger partial charge in [0.2, 0.25) is 5.91 Å². The number of nitrogens with two attached hydrogens (primary N) is 1. The van der Waals surface area contributed by atoms with Crippen molar-refractivity contribution < 1.29 is 19.4 Å². The molecule has 0 radical (unpaired) electrons. The van der Waals surface area contributed by atoms with Crippen molar-refractivity contribution in [1.29, 1.82) is 0 Å². The Balaban J connectivity index is 2.81. The van der Waals surface area contributed by atoms with Crippen molar-refractivity contribution >= 4 is 11.6 Å². The van der Waals surface area contributed by atoms with Gasteiger partial charge in [0.25, 0.3) is 0 Å². The topological polar surface area (TPSA) is 95.6 Å². The second-order valence-electron chi connectivity index (χ2n) is 3.69. The van der Waals surface area contributed by atoms with Crippen LogP contribution in [0.4, 0.5) is 10.1 Å². The normalized spacial score (nSPS) is 14.1. The number of anilines is 1. The summed E-state index contributed by atoms with van der Waals surface area (Å²) in [6, 6.07) is 3.97. The standard InChI is InChI=1S/C11H15FN2O3/c1-6(15)14-5-9(16)11(17)10-7(12)3-2-4-8(10)13/h2-4,9,11,16-17H,5,13H2,1H3,(H,14,15). The van der Waals surface area contributed by atoms with Crippen LogP contribution in [-0.2, 0) is 4.79 Å². The van der Waals surface area contributed by atoms with Gasteiger partial charge in [-0.1, -0.05) is 6.07 Å². The average molecular weight is 242 g/mol. The van der Waals surface area contributed by atoms with E-state index in [9.17, 15) is 19.4 Å². The Morgan fingerprint density at radius 3 is 2.71 bits per heavy atom. The highest BCUT2D eigenvalue weighted by atomic mass is 19.1. The molecule has 94 valence electrons. The van der Waals surface area contributed by atoms with Crippen molar-refractivity contribution in [2.45, 2.75) is 19.1 Å². The van der Waals surface area contributed by atoms with Gasteiger partial charge in [0.15, 0.2) is 0 Å². The minimum absolute atomic E-state index is 0.0550. The van der Waals surface area contributed by atoms with E-state index in [1.807, 2.05) is 0 Å². The number of halogens is 1. The molecule has 0 saturated heterocycles. The van der Waals surface area contributed by atoms with Crippen LogP contribution in [0.25, 0.3) is 0 Å². The smallest absolute Gasteiger partial charge is 0.216 e. The molecule has 1 aromatic rings. The molecule has 2 atom stereocenters. The zero-order chi connectivity index (χ0) is 13.0. The lowest BCUT2D eigenvalue weighted by Gasteiger charge is -2.20. The summed E-state index contributed by atoms with van der Waals surface area (Å²) in [5, 5.41) is 21.6. The highest BCUT2D eigenvalue weighted by molar-refractivity contribution is 5.72. The van der Waals surface area contributed by atoms with Crippen molar-refractivity contribution in [3.63, 3.8) is 0 Å². The van der Waals surface area contributed by atoms with Gasteiger partial charge < -0.3 is 21.3 Å². The molecule has 5 N–H and O–H groups in total. The number of carbonyl (C=O) groups excluding carboxylic acids is 1. The summed E-state index contributed by atoms with van der Waals surface area (Å²) in [5.74, 6) is -1.04. The molecule has 0 spiro atoms. The van der Waals surface area contributed by atoms with Crippen LogP contribution in [0, 0.1) is 5.82 Å². The molecule has 5 nitrogen and oxygen atoms in total. The van der Waals surface area contributed by atoms with Crippen molar-refractivity contribution in [3.05, 3.63) is 29.6 Å². The van der Waals surface area contributed by atoms with Crippen molar-refractivity contribution in [1.82, 2.24) is 5.32 Å². The van der Waals surface area contributed by atoms with Gasteiger partial charge in [-0.05, 0) is 12.1 Å². The Labute approximate surface area is 98.1 Å². The fourth-order valence-corrected chi connectivity index (χ4v) is 1.42. The van der Waals surface area contributed by atoms with E-state index in [4.69, 9.17) is 5.73 Å². The van der Waals surface area contributed by atoms with Crippen LogP contribution in [0.2, 0.25) is 0 Å². The van der Waals surface area contributed by atoms with Gasteiger partial charge in [0, 0.05) is 24.7 Å². The molecule has 1 rings (SSSR count). The van der Waals surface area contributed by atoms with E-state index in [0.717, 1.165) is 6.07 Å². The molecule has 0 aliphatic rings. The first kappa shape index (κ1) is 13.4. The monoisotopic (exact) mass is 242 g/mol. The lowest BCUT2D eigenvalue weighted by Crippen LogP contribution is -2.34. The number of aliphatic hydroxyl groups is 2. The predicted molar refractivity (Wildman–Crippen MR) is 60.5 cm³/mol. The maximum absolute atomic E-state index is 13.4. The Morgan fingerprint density at radius 2 is 2.18 bits per heavy atom. The molecule has 0 bridgehead atoms. The van der Waals surface area contributed by atoms with Gasteiger partial charge in [-0.15, -0.1) is 0 Å². The number of hydrogen-bond acceptors (Lipinski definition) is 4. The first-order valence-corrected chi connectivity index (χ1v) is 5.08. The molecule has 0 heterocycles. The largest absolute Gasteiger partial charge is 0.398 e. The number of rotatable bonds is 4. The van der Waals surface area contributed by atoms with E-state index in [2.05, 4.69) is 5.32 Å². The SMILES string of the molecule is CC(=O)NCC(O)C(O)c1c(N)cccc1F. The maximum Gasteiger partial charge on any atom is 0.216 e. The summed E-state index contributed by atoms with van der Waals surface area (Å²) >= 11 is 0. The molecule has 6 heteroatoms. The summed E-state index contributed by atoms with van der Waals surface area (Å²) in [4.78, 5) is 10.6. The first-order chi connectivity index (χ1) is 7.93. The van der Waals surface area contributed by atoms with E-state index in [1.54, 1.807) is 0 Å². The van der Waals surface area contributed by atoms with E-state index in [-0.39, 0.29) is 23.7 Å². The number of amides is 1. The third-order valence-corrected chi connectivity index (χ3v) is 2.31. The van der Waals surface area contributed by atoms with Crippen LogP contribution in [0.3, 0.4) is 0 Å². The maximum atomic E-state index is 13.4. The molecular formula is C11H15FN2O3. The summed E-state index contributed by atoms with van der Waals surface area (Å²) in [6.07, 6.45) is -2.80. The van der Waals surface area contributed by atoms with Gasteiger partial charge in [0.05, 0.1) is 0 Å². The minimum Gasteiger partial charge on any atom is -0.398 e. The fourth-order valence-electron chi connectivity index (χ4n) is 1.42. The summed E-state index contributed by atoms with van der Waals surface area (Å²) < 4.78 is 13.4. The summed E-state index contributed by atoms with van der Waals surface area (Å²) in [7, 11) is 0. The van der Waals surface area contributed by atoms with Crippen LogP contribution >= 0.6 is 0 Å². The molecule has 1 aromatic carbocycles. The van der Waals surface area contributed by atoms with Crippen LogP contribution in [-0.4, -0.2) is 28.8 Å².